The van der Waals surface area contributed by atoms with Crippen molar-refractivity contribution in [3.8, 4) is 0 Å². The van der Waals surface area contributed by atoms with Gasteiger partial charge in [0, 0.05) is 11.9 Å². The van der Waals surface area contributed by atoms with E-state index >= 15 is 0 Å². The van der Waals surface area contributed by atoms with Crippen molar-refractivity contribution in [1.82, 2.24) is 0 Å². The van der Waals surface area contributed by atoms with E-state index in [2.05, 4.69) is 4.99 Å². The normalized spacial score (nSPS) is 13.1. The molecule has 2 nitrogen and oxygen atoms in total. The highest BCUT2D eigenvalue weighted by Crippen LogP contribution is 1.95. The van der Waals surface area contributed by atoms with Crippen LogP contribution in [0.4, 0.5) is 0 Å². The van der Waals surface area contributed by atoms with E-state index in [1.54, 1.807) is 18.4 Å². The molecule has 0 aromatic rings. The smallest absolute Gasteiger partial charge is 0.107 e. The average molecular weight is 190 g/mol. The summed E-state index contributed by atoms with van der Waals surface area (Å²) in [6, 6.07) is 0. The maximum atomic E-state index is 5.43. The van der Waals surface area contributed by atoms with E-state index in [1.165, 1.54) is 6.20 Å². The number of rotatable bonds is 3. The molecule has 0 saturated heterocycles. The Morgan fingerprint density at radius 3 is 2.21 bits per heavy atom. The number of hydrogen-bond donors (Lipinski definition) is 1. The highest BCUT2D eigenvalue weighted by atomic mass is 14.7. The number of allylic oxidation sites excluding steroid dienone is 5. The van der Waals surface area contributed by atoms with Gasteiger partial charge < -0.3 is 5.73 Å². The second-order valence-electron chi connectivity index (χ2n) is 2.38. The molecule has 3 heteroatoms. The van der Waals surface area contributed by atoms with Crippen LogP contribution < -0.4 is 5.73 Å². The first kappa shape index (κ1) is 15.2. The van der Waals surface area contributed by atoms with Gasteiger partial charge in [0.25, 0.3) is 0 Å². The monoisotopic (exact) mass is 190 g/mol. The summed E-state index contributed by atoms with van der Waals surface area (Å²) in [6.45, 7) is 7.72. The Morgan fingerprint density at radius 2 is 1.79 bits per heavy atom. The number of hydrogen-bond acceptors (Lipinski definition) is 2. The second-order valence-corrected chi connectivity index (χ2v) is 2.38. The molecule has 0 bridgehead atoms. The number of nitrogens with two attached hydrogens (primary N) is 1. The van der Waals surface area contributed by atoms with Crippen molar-refractivity contribution in [2.45, 2.75) is 27.7 Å². The van der Waals surface area contributed by atoms with E-state index < -0.39 is 0 Å². The summed E-state index contributed by atoms with van der Waals surface area (Å²) in [5.41, 5.74) is 6.76. The van der Waals surface area contributed by atoms with Crippen LogP contribution in [0, 0.1) is 0 Å². The minimum Gasteiger partial charge on any atom is -0.405 e. The van der Waals surface area contributed by atoms with Crippen LogP contribution >= 0.6 is 0 Å². The van der Waals surface area contributed by atoms with Crippen molar-refractivity contribution in [3.05, 3.63) is 35.6 Å². The van der Waals surface area contributed by atoms with Gasteiger partial charge in [0.05, 0.1) is 0 Å². The summed E-state index contributed by atoms with van der Waals surface area (Å²) in [4.78, 5) is 4.06. The van der Waals surface area contributed by atoms with Gasteiger partial charge in [0.1, 0.15) is 7.85 Å². The lowest BCUT2D eigenvalue weighted by atomic mass is 9.98. The van der Waals surface area contributed by atoms with Crippen LogP contribution in [0.1, 0.15) is 27.7 Å². The minimum atomic E-state index is 0.763. The Kier molecular flexibility index (Phi) is 12.8. The van der Waals surface area contributed by atoms with Crippen molar-refractivity contribution >= 4 is 14.1 Å². The Bertz CT molecular complexity index is 234. The summed E-state index contributed by atoms with van der Waals surface area (Å²) in [7, 11) is 5.43. The van der Waals surface area contributed by atoms with Gasteiger partial charge in [-0.15, -0.1) is 5.47 Å². The lowest BCUT2D eigenvalue weighted by molar-refractivity contribution is 1.32. The molecular formula is C11H19BN2. The van der Waals surface area contributed by atoms with Gasteiger partial charge in [-0.3, -0.25) is 4.99 Å². The first-order valence-corrected chi connectivity index (χ1v) is 4.68. The molecule has 0 unspecified atom stereocenters. The van der Waals surface area contributed by atoms with Crippen molar-refractivity contribution in [2.24, 2.45) is 10.7 Å². The zero-order valence-corrected chi connectivity index (χ0v) is 9.49. The fourth-order valence-electron chi connectivity index (χ4n) is 0.505. The summed E-state index contributed by atoms with van der Waals surface area (Å²) < 4.78 is 0. The molecule has 0 rings (SSSR count). The van der Waals surface area contributed by atoms with Gasteiger partial charge in [-0.2, -0.15) is 0 Å². The molecule has 0 saturated carbocycles. The third-order valence-electron chi connectivity index (χ3n) is 1.06. The topological polar surface area (TPSA) is 38.4 Å². The molecular weight excluding hydrogens is 171 g/mol. The molecule has 0 aliphatic carbocycles. The Balaban J connectivity index is 0. The standard InChI is InChI=1S/C9H13BN2.C2H6/c1-8(10)4-5-9(2)12-7-3-6-11;1-2/h3-7H,11H2,1-2H3;1-2H3/b6-3-,8-4+,9-5+,12-7+;. The quantitative estimate of drug-likeness (QED) is 0.414. The zero-order chi connectivity index (χ0) is 11.4. The van der Waals surface area contributed by atoms with E-state index in [0.29, 0.717) is 0 Å². The molecule has 0 aliphatic rings. The molecule has 0 amide bonds. The van der Waals surface area contributed by atoms with Crippen molar-refractivity contribution in [1.29, 1.82) is 0 Å². The van der Waals surface area contributed by atoms with Gasteiger partial charge >= 0.3 is 0 Å². The molecule has 2 radical (unpaired) electrons. The first-order valence-electron chi connectivity index (χ1n) is 4.68. The summed E-state index contributed by atoms with van der Waals surface area (Å²) in [6.07, 6.45) is 8.37. The fraction of sp³-hybridized carbons (Fsp3) is 0.364. The summed E-state index contributed by atoms with van der Waals surface area (Å²) >= 11 is 0. The molecule has 0 aliphatic heterocycles. The van der Waals surface area contributed by atoms with Crippen LogP contribution in [0.2, 0.25) is 0 Å². The van der Waals surface area contributed by atoms with Crippen molar-refractivity contribution < 1.29 is 0 Å². The highest BCUT2D eigenvalue weighted by molar-refractivity contribution is 6.21. The summed E-state index contributed by atoms with van der Waals surface area (Å²) in [5, 5.41) is 0. The maximum absolute atomic E-state index is 5.43. The van der Waals surface area contributed by atoms with Gasteiger partial charge in [-0.25, -0.2) is 0 Å². The van der Waals surface area contributed by atoms with E-state index in [0.717, 1.165) is 11.2 Å². The second kappa shape index (κ2) is 11.8. The molecule has 0 fully saturated rings. The van der Waals surface area contributed by atoms with E-state index in [-0.39, 0.29) is 0 Å². The van der Waals surface area contributed by atoms with Crippen molar-refractivity contribution in [3.63, 3.8) is 0 Å². The van der Waals surface area contributed by atoms with Crippen LogP contribution in [0.5, 0.6) is 0 Å². The van der Waals surface area contributed by atoms with E-state index in [9.17, 15) is 0 Å². The zero-order valence-electron chi connectivity index (χ0n) is 9.49. The molecule has 0 spiro atoms. The maximum Gasteiger partial charge on any atom is 0.107 e. The fourth-order valence-corrected chi connectivity index (χ4v) is 0.505. The van der Waals surface area contributed by atoms with Crippen molar-refractivity contribution in [2.75, 3.05) is 0 Å². The van der Waals surface area contributed by atoms with E-state index in [4.69, 9.17) is 13.6 Å². The lowest BCUT2D eigenvalue weighted by Gasteiger charge is -1.88. The Hall–Kier alpha value is -1.25. The minimum absolute atomic E-state index is 0.763. The Labute approximate surface area is 88.7 Å². The molecule has 0 heterocycles. The number of nitrogens with zero attached hydrogens (tertiary/aromatic N) is 1. The van der Waals surface area contributed by atoms with Gasteiger partial charge in [0.15, 0.2) is 0 Å². The highest BCUT2D eigenvalue weighted by Gasteiger charge is 1.78. The van der Waals surface area contributed by atoms with Crippen LogP contribution in [0.15, 0.2) is 40.6 Å². The predicted molar refractivity (Wildman–Crippen MR) is 66.4 cm³/mol. The van der Waals surface area contributed by atoms with Crippen LogP contribution in [0.3, 0.4) is 0 Å². The third-order valence-corrected chi connectivity index (χ3v) is 1.06. The average Bonchev–Trinajstić information content (AvgIpc) is 2.18. The van der Waals surface area contributed by atoms with Gasteiger partial charge in [0.2, 0.25) is 0 Å². The predicted octanol–water partition coefficient (Wildman–Crippen LogP) is 2.53. The first-order chi connectivity index (χ1) is 6.66. The molecule has 2 N–H and O–H groups in total. The largest absolute Gasteiger partial charge is 0.405 e. The summed E-state index contributed by atoms with van der Waals surface area (Å²) in [5.74, 6) is 0. The van der Waals surface area contributed by atoms with Crippen LogP contribution in [0.25, 0.3) is 0 Å². The third kappa shape index (κ3) is 13.4. The lowest BCUT2D eigenvalue weighted by Crippen LogP contribution is -1.77. The molecule has 0 aromatic heterocycles. The number of aliphatic imine (C=N–C) groups is 1. The Morgan fingerprint density at radius 1 is 1.21 bits per heavy atom. The van der Waals surface area contributed by atoms with Crippen LogP contribution in [-0.2, 0) is 0 Å². The van der Waals surface area contributed by atoms with Crippen LogP contribution in [-0.4, -0.2) is 14.1 Å². The van der Waals surface area contributed by atoms with E-state index in [1.807, 2.05) is 33.8 Å². The molecule has 0 aromatic carbocycles. The SMILES string of the molecule is CC.[B]/C(C)=C/C=C(C)/N=C/C=C\N. The van der Waals surface area contributed by atoms with Gasteiger partial charge in [-0.05, 0) is 25.3 Å². The molecule has 14 heavy (non-hydrogen) atoms. The molecule has 76 valence electrons. The van der Waals surface area contributed by atoms with Gasteiger partial charge in [-0.1, -0.05) is 26.8 Å². The molecule has 0 atom stereocenters.